The van der Waals surface area contributed by atoms with Crippen LogP contribution in [0.1, 0.15) is 0 Å². The zero-order valence-electron chi connectivity index (χ0n) is 10.1. The van der Waals surface area contributed by atoms with Gasteiger partial charge in [-0.3, -0.25) is 0 Å². The van der Waals surface area contributed by atoms with Gasteiger partial charge in [0.2, 0.25) is 0 Å². The van der Waals surface area contributed by atoms with Crippen LogP contribution in [0.15, 0.2) is 54.6 Å². The molecular formula is C15H12ClN3. The summed E-state index contributed by atoms with van der Waals surface area (Å²) in [7, 11) is 0. The van der Waals surface area contributed by atoms with E-state index in [1.165, 1.54) is 0 Å². The molecule has 0 atom stereocenters. The van der Waals surface area contributed by atoms with Crippen LogP contribution in [0, 0.1) is 0 Å². The van der Waals surface area contributed by atoms with E-state index in [0.717, 1.165) is 22.0 Å². The Morgan fingerprint density at radius 3 is 2.53 bits per heavy atom. The molecule has 1 aromatic heterocycles. The van der Waals surface area contributed by atoms with Gasteiger partial charge in [0, 0.05) is 10.9 Å². The fourth-order valence-corrected chi connectivity index (χ4v) is 2.33. The maximum Gasteiger partial charge on any atom is 0.148 e. The van der Waals surface area contributed by atoms with Crippen LogP contribution in [0.4, 0.5) is 5.82 Å². The number of nitrogens with one attached hydrogen (secondary N) is 1. The molecule has 2 aromatic carbocycles. The van der Waals surface area contributed by atoms with E-state index in [4.69, 9.17) is 17.4 Å². The van der Waals surface area contributed by atoms with E-state index in [1.54, 1.807) is 0 Å². The number of hydrazine groups is 1. The molecule has 0 aliphatic carbocycles. The normalized spacial score (nSPS) is 10.6. The first-order chi connectivity index (χ1) is 9.29. The lowest BCUT2D eigenvalue weighted by Gasteiger charge is -2.10. The second kappa shape index (κ2) is 4.88. The number of pyridine rings is 1. The van der Waals surface area contributed by atoms with Crippen molar-refractivity contribution >= 4 is 28.3 Å². The molecule has 0 spiro atoms. The van der Waals surface area contributed by atoms with Crippen molar-refractivity contribution in [1.82, 2.24) is 4.98 Å². The summed E-state index contributed by atoms with van der Waals surface area (Å²) in [6.07, 6.45) is 0. The highest BCUT2D eigenvalue weighted by Crippen LogP contribution is 2.31. The Labute approximate surface area is 116 Å². The summed E-state index contributed by atoms with van der Waals surface area (Å²) in [5.41, 5.74) is 5.41. The van der Waals surface area contributed by atoms with Crippen LogP contribution in [0.3, 0.4) is 0 Å². The largest absolute Gasteiger partial charge is 0.308 e. The Bertz CT molecular complexity index is 726. The molecular weight excluding hydrogens is 258 g/mol. The summed E-state index contributed by atoms with van der Waals surface area (Å²) in [6, 6.07) is 17.7. The molecule has 1 heterocycles. The van der Waals surface area contributed by atoms with Gasteiger partial charge in [0.05, 0.1) is 10.5 Å². The minimum absolute atomic E-state index is 0.617. The molecule has 3 aromatic rings. The van der Waals surface area contributed by atoms with Gasteiger partial charge in [-0.1, -0.05) is 54.1 Å². The molecule has 3 N–H and O–H groups in total. The number of nitrogen functional groups attached to an aromatic ring is 1. The molecule has 3 nitrogen and oxygen atoms in total. The lowest BCUT2D eigenvalue weighted by atomic mass is 10.0. The van der Waals surface area contributed by atoms with Crippen molar-refractivity contribution in [2.45, 2.75) is 0 Å². The highest BCUT2D eigenvalue weighted by atomic mass is 35.5. The van der Waals surface area contributed by atoms with E-state index in [0.29, 0.717) is 10.8 Å². The summed E-state index contributed by atoms with van der Waals surface area (Å²) in [6.45, 7) is 0. The number of para-hydroxylation sites is 1. The van der Waals surface area contributed by atoms with Crippen LogP contribution in [0.2, 0.25) is 5.02 Å². The Morgan fingerprint density at radius 2 is 1.79 bits per heavy atom. The van der Waals surface area contributed by atoms with Crippen molar-refractivity contribution < 1.29 is 0 Å². The van der Waals surface area contributed by atoms with E-state index in [9.17, 15) is 0 Å². The smallest absolute Gasteiger partial charge is 0.148 e. The summed E-state index contributed by atoms with van der Waals surface area (Å²) < 4.78 is 0. The molecule has 19 heavy (non-hydrogen) atoms. The minimum Gasteiger partial charge on any atom is -0.308 e. The summed E-state index contributed by atoms with van der Waals surface area (Å²) in [5, 5.41) is 1.61. The van der Waals surface area contributed by atoms with E-state index in [1.807, 2.05) is 54.6 Å². The first kappa shape index (κ1) is 12.0. The third-order valence-corrected chi connectivity index (χ3v) is 3.32. The number of nitrogens with zero attached hydrogens (tertiary/aromatic N) is 1. The molecule has 0 fully saturated rings. The van der Waals surface area contributed by atoms with Crippen molar-refractivity contribution in [2.24, 2.45) is 5.84 Å². The molecule has 0 radical (unpaired) electrons. The Morgan fingerprint density at radius 1 is 1.00 bits per heavy atom. The van der Waals surface area contributed by atoms with Gasteiger partial charge in [0.15, 0.2) is 0 Å². The number of hydrogen-bond donors (Lipinski definition) is 2. The SMILES string of the molecule is NNc1nc2c(Cl)cccc2cc1-c1ccccc1. The molecule has 0 amide bonds. The van der Waals surface area contributed by atoms with Gasteiger partial charge in [-0.25, -0.2) is 10.8 Å². The average Bonchev–Trinajstić information content (AvgIpc) is 2.47. The third kappa shape index (κ3) is 2.14. The molecule has 4 heteroatoms. The number of rotatable bonds is 2. The monoisotopic (exact) mass is 269 g/mol. The molecule has 0 bridgehead atoms. The predicted molar refractivity (Wildman–Crippen MR) is 80.0 cm³/mol. The van der Waals surface area contributed by atoms with Crippen LogP contribution in [0.5, 0.6) is 0 Å². The van der Waals surface area contributed by atoms with Gasteiger partial charge >= 0.3 is 0 Å². The molecule has 3 rings (SSSR count). The highest BCUT2D eigenvalue weighted by molar-refractivity contribution is 6.35. The molecule has 0 aliphatic heterocycles. The first-order valence-corrected chi connectivity index (χ1v) is 6.28. The van der Waals surface area contributed by atoms with Gasteiger partial charge in [-0.2, -0.15) is 0 Å². The maximum absolute atomic E-state index is 6.15. The van der Waals surface area contributed by atoms with Gasteiger partial charge in [0.1, 0.15) is 5.82 Å². The second-order valence-electron chi connectivity index (χ2n) is 4.21. The van der Waals surface area contributed by atoms with E-state index >= 15 is 0 Å². The van der Waals surface area contributed by atoms with Crippen LogP contribution in [0.25, 0.3) is 22.0 Å². The quantitative estimate of drug-likeness (QED) is 0.549. The van der Waals surface area contributed by atoms with Crippen LogP contribution < -0.4 is 11.3 Å². The van der Waals surface area contributed by atoms with Gasteiger partial charge in [0.25, 0.3) is 0 Å². The fraction of sp³-hybridized carbons (Fsp3) is 0. The summed E-state index contributed by atoms with van der Waals surface area (Å²) in [4.78, 5) is 4.50. The van der Waals surface area contributed by atoms with Gasteiger partial charge < -0.3 is 5.43 Å². The van der Waals surface area contributed by atoms with Crippen molar-refractivity contribution in [3.63, 3.8) is 0 Å². The van der Waals surface area contributed by atoms with Gasteiger partial charge in [-0.15, -0.1) is 0 Å². The summed E-state index contributed by atoms with van der Waals surface area (Å²) >= 11 is 6.15. The van der Waals surface area contributed by atoms with E-state index in [-0.39, 0.29) is 0 Å². The van der Waals surface area contributed by atoms with Crippen LogP contribution in [-0.4, -0.2) is 4.98 Å². The zero-order valence-corrected chi connectivity index (χ0v) is 10.9. The zero-order chi connectivity index (χ0) is 13.2. The Kier molecular flexibility index (Phi) is 3.07. The number of nitrogens with two attached hydrogens (primary N) is 1. The number of anilines is 1. The standard InChI is InChI=1S/C15H12ClN3/c16-13-8-4-7-11-9-12(10-5-2-1-3-6-10)15(19-17)18-14(11)13/h1-9H,17H2,(H,18,19). The third-order valence-electron chi connectivity index (χ3n) is 3.02. The molecule has 0 saturated carbocycles. The average molecular weight is 270 g/mol. The number of benzene rings is 2. The lowest BCUT2D eigenvalue weighted by Crippen LogP contribution is -2.10. The van der Waals surface area contributed by atoms with Crippen molar-refractivity contribution in [3.05, 3.63) is 59.6 Å². The highest BCUT2D eigenvalue weighted by Gasteiger charge is 2.09. The number of hydrogen-bond acceptors (Lipinski definition) is 3. The second-order valence-corrected chi connectivity index (χ2v) is 4.61. The van der Waals surface area contributed by atoms with Crippen molar-refractivity contribution in [2.75, 3.05) is 5.43 Å². The van der Waals surface area contributed by atoms with E-state index < -0.39 is 0 Å². The predicted octanol–water partition coefficient (Wildman–Crippen LogP) is 3.84. The lowest BCUT2D eigenvalue weighted by molar-refractivity contribution is 1.26. The minimum atomic E-state index is 0.617. The van der Waals surface area contributed by atoms with E-state index in [2.05, 4.69) is 10.4 Å². The molecule has 0 saturated heterocycles. The van der Waals surface area contributed by atoms with Crippen molar-refractivity contribution in [3.8, 4) is 11.1 Å². The Hall–Kier alpha value is -2.10. The first-order valence-electron chi connectivity index (χ1n) is 5.91. The van der Waals surface area contributed by atoms with Crippen molar-refractivity contribution in [1.29, 1.82) is 0 Å². The van der Waals surface area contributed by atoms with Gasteiger partial charge in [-0.05, 0) is 17.7 Å². The molecule has 0 aliphatic rings. The number of aromatic nitrogens is 1. The topological polar surface area (TPSA) is 50.9 Å². The molecule has 94 valence electrons. The summed E-state index contributed by atoms with van der Waals surface area (Å²) in [5.74, 6) is 6.19. The fourth-order valence-electron chi connectivity index (χ4n) is 2.11. The number of fused-ring (bicyclic) bond motifs is 1. The Balaban J connectivity index is 2.30. The number of halogens is 1. The van der Waals surface area contributed by atoms with Crippen LogP contribution in [-0.2, 0) is 0 Å². The molecule has 0 unspecified atom stereocenters. The maximum atomic E-state index is 6.15. The van der Waals surface area contributed by atoms with Crippen LogP contribution >= 0.6 is 11.6 Å².